The number of aryl methyl sites for hydroxylation is 1. The highest BCUT2D eigenvalue weighted by Crippen LogP contribution is 2.54. The Morgan fingerprint density at radius 3 is 2.17 bits per heavy atom. The Morgan fingerprint density at radius 1 is 0.879 bits per heavy atom. The van der Waals surface area contributed by atoms with E-state index in [2.05, 4.69) is 20.2 Å². The first-order chi connectivity index (χ1) is 30.9. The predicted octanol–water partition coefficient (Wildman–Crippen LogP) is 8.91. The molecule has 5 aromatic rings. The molecule has 356 valence electrons. The van der Waals surface area contributed by atoms with E-state index in [1.807, 2.05) is 0 Å². The Balaban J connectivity index is 1.28. The molecule has 0 bridgehead atoms. The summed E-state index contributed by atoms with van der Waals surface area (Å²) >= 11 is 0. The molecule has 1 amide bonds. The SMILES string of the molecule is C[C@@H]1c2c(C(F)F)nn(CC(=O)N[C@@H](Cc3cc(F)cc(F)c3)c3nc(CCC(C)(C)S(=O)(=O)C4CC4)ccc3-c3cccc4c(NS(=O)(=O)C5CC5)nn(CC(F)F)c34)c2C(F)(F)[C@@H]1C. The third kappa shape index (κ3) is 9.02. The normalized spacial score (nSPS) is 19.2. The minimum Gasteiger partial charge on any atom is -0.346 e. The minimum absolute atomic E-state index is 0.0118. The highest BCUT2D eigenvalue weighted by Gasteiger charge is 2.55. The van der Waals surface area contributed by atoms with E-state index in [9.17, 15) is 48.0 Å². The number of sulfone groups is 1. The summed E-state index contributed by atoms with van der Waals surface area (Å²) in [5.74, 6) is -9.40. The van der Waals surface area contributed by atoms with E-state index >= 15 is 8.78 Å². The van der Waals surface area contributed by atoms with Crippen molar-refractivity contribution in [1.82, 2.24) is 29.9 Å². The third-order valence-corrected chi connectivity index (χ3v) is 17.8. The van der Waals surface area contributed by atoms with E-state index in [1.54, 1.807) is 19.9 Å². The molecule has 0 unspecified atom stereocenters. The number of sulfonamides is 1. The largest absolute Gasteiger partial charge is 0.346 e. The van der Waals surface area contributed by atoms with Crippen LogP contribution in [0.2, 0.25) is 0 Å². The van der Waals surface area contributed by atoms with Crippen LogP contribution in [0.1, 0.15) is 112 Å². The molecule has 3 aliphatic rings. The number of rotatable bonds is 18. The van der Waals surface area contributed by atoms with Gasteiger partial charge in [0.25, 0.3) is 18.8 Å². The van der Waals surface area contributed by atoms with Crippen molar-refractivity contribution in [1.29, 1.82) is 0 Å². The maximum atomic E-state index is 15.7. The number of amides is 1. The predicted molar refractivity (Wildman–Crippen MR) is 228 cm³/mol. The van der Waals surface area contributed by atoms with E-state index in [1.165, 1.54) is 38.1 Å². The van der Waals surface area contributed by atoms with Crippen molar-refractivity contribution in [3.63, 3.8) is 0 Å². The standard InChI is InChI=1S/C44H47F8N7O5S2/c1-22-23(2)44(51,52)40-36(22)38(41(49)50)55-59(40)21-35(60)54-33(18-24-16-25(45)19-26(46)17-24)37-30(13-8-27(53-37)14-15-43(3,4)65(61,62)28-9-10-28)31-6-5-7-32-39(31)58(20-34(47)48)56-42(32)57-66(63,64)29-11-12-29/h5-8,13,16-17,19,22-23,28-29,33-34,41H,9-12,14-15,18,20-21H2,1-4H3,(H,54,60)(H,56,57)/t22-,23+,33-/m0/s1. The zero-order chi connectivity index (χ0) is 47.8. The summed E-state index contributed by atoms with van der Waals surface area (Å²) in [6.07, 6.45) is -4.71. The number of alkyl halides is 6. The molecule has 66 heavy (non-hydrogen) atoms. The Bertz CT molecular complexity index is 2910. The van der Waals surface area contributed by atoms with Gasteiger partial charge in [0.15, 0.2) is 15.7 Å². The fourth-order valence-electron chi connectivity index (χ4n) is 8.85. The molecule has 0 radical (unpaired) electrons. The fraction of sp³-hybridized carbons (Fsp3) is 0.500. The number of para-hydroxylation sites is 1. The van der Waals surface area contributed by atoms with E-state index in [0.717, 1.165) is 16.8 Å². The zero-order valence-electron chi connectivity index (χ0n) is 36.1. The zero-order valence-corrected chi connectivity index (χ0v) is 37.8. The lowest BCUT2D eigenvalue weighted by Gasteiger charge is -2.26. The fourth-order valence-corrected chi connectivity index (χ4v) is 12.2. The minimum atomic E-state index is -3.96. The molecule has 8 rings (SSSR count). The van der Waals surface area contributed by atoms with Crippen molar-refractivity contribution < 1.29 is 56.8 Å². The van der Waals surface area contributed by atoms with Gasteiger partial charge in [0.2, 0.25) is 15.9 Å². The number of hydrogen-bond acceptors (Lipinski definition) is 8. The molecule has 3 aliphatic carbocycles. The van der Waals surface area contributed by atoms with E-state index in [0.29, 0.717) is 36.4 Å². The molecule has 0 saturated heterocycles. The van der Waals surface area contributed by atoms with E-state index < -0.39 is 120 Å². The number of pyridine rings is 1. The quantitative estimate of drug-likeness (QED) is 0.0825. The highest BCUT2D eigenvalue weighted by atomic mass is 32.2. The first kappa shape index (κ1) is 47.4. The Morgan fingerprint density at radius 2 is 1.55 bits per heavy atom. The summed E-state index contributed by atoms with van der Waals surface area (Å²) in [5.41, 5.74) is -1.67. The van der Waals surface area contributed by atoms with E-state index in [-0.39, 0.29) is 63.2 Å². The van der Waals surface area contributed by atoms with Gasteiger partial charge in [-0.05, 0) is 94.5 Å². The molecule has 2 aromatic carbocycles. The van der Waals surface area contributed by atoms with Crippen LogP contribution >= 0.6 is 0 Å². The summed E-state index contributed by atoms with van der Waals surface area (Å²) in [5, 5.41) is 9.60. The monoisotopic (exact) mass is 969 g/mol. The van der Waals surface area contributed by atoms with Crippen LogP contribution < -0.4 is 10.0 Å². The van der Waals surface area contributed by atoms with Gasteiger partial charge in [-0.1, -0.05) is 32.0 Å². The molecule has 3 aromatic heterocycles. The van der Waals surface area contributed by atoms with Crippen LogP contribution in [0.3, 0.4) is 0 Å². The van der Waals surface area contributed by atoms with Gasteiger partial charge in [0.05, 0.1) is 32.5 Å². The Kier molecular flexibility index (Phi) is 12.3. The number of nitrogens with one attached hydrogen (secondary N) is 2. The van der Waals surface area contributed by atoms with Crippen molar-refractivity contribution in [2.24, 2.45) is 5.92 Å². The van der Waals surface area contributed by atoms with Gasteiger partial charge in [-0.25, -0.2) is 43.2 Å². The number of hydrogen-bond donors (Lipinski definition) is 2. The number of halogens is 8. The van der Waals surface area contributed by atoms with Crippen LogP contribution in [-0.2, 0) is 56.5 Å². The van der Waals surface area contributed by atoms with Crippen LogP contribution in [0.15, 0.2) is 48.5 Å². The molecule has 0 spiro atoms. The van der Waals surface area contributed by atoms with Crippen molar-refractivity contribution in [2.75, 3.05) is 4.72 Å². The van der Waals surface area contributed by atoms with E-state index in [4.69, 9.17) is 4.98 Å². The maximum absolute atomic E-state index is 15.7. The summed E-state index contributed by atoms with van der Waals surface area (Å²) in [6.45, 7) is 3.73. The Hall–Kier alpha value is -5.12. The number of carbonyl (C=O) groups excluding carboxylic acids is 1. The lowest BCUT2D eigenvalue weighted by atomic mass is 9.93. The molecule has 3 heterocycles. The smallest absolute Gasteiger partial charge is 0.292 e. The van der Waals surface area contributed by atoms with Gasteiger partial charge in [0.1, 0.15) is 36.1 Å². The summed E-state index contributed by atoms with van der Waals surface area (Å²) in [6, 6.07) is 8.66. The molecule has 3 atom stereocenters. The number of carbonyl (C=O) groups is 1. The number of fused-ring (bicyclic) bond motifs is 2. The topological polar surface area (TPSA) is 158 Å². The molecule has 2 saturated carbocycles. The average Bonchev–Trinajstić information content (AvgIpc) is 4.17. The van der Waals surface area contributed by atoms with Crippen molar-refractivity contribution in [2.45, 2.75) is 132 Å². The average molecular weight is 970 g/mol. The summed E-state index contributed by atoms with van der Waals surface area (Å²) in [7, 11) is -7.52. The number of nitrogens with zero attached hydrogens (tertiary/aromatic N) is 5. The van der Waals surface area contributed by atoms with Crippen molar-refractivity contribution >= 4 is 42.5 Å². The van der Waals surface area contributed by atoms with Crippen LogP contribution in [0.5, 0.6) is 0 Å². The van der Waals surface area contributed by atoms with Crippen molar-refractivity contribution in [3.05, 3.63) is 94.1 Å². The molecular formula is C44H47F8N7O5S2. The van der Waals surface area contributed by atoms with Gasteiger partial charge in [-0.15, -0.1) is 0 Å². The highest BCUT2D eigenvalue weighted by molar-refractivity contribution is 7.93. The molecular weight excluding hydrogens is 923 g/mol. The van der Waals surface area contributed by atoms with Crippen LogP contribution in [0, 0.1) is 17.6 Å². The molecule has 12 nitrogen and oxygen atoms in total. The van der Waals surface area contributed by atoms with Gasteiger partial charge >= 0.3 is 0 Å². The summed E-state index contributed by atoms with van der Waals surface area (Å²) in [4.78, 5) is 19.1. The Labute approximate surface area is 375 Å². The molecule has 0 aliphatic heterocycles. The van der Waals surface area contributed by atoms with Gasteiger partial charge in [-0.2, -0.15) is 19.0 Å². The third-order valence-electron chi connectivity index (χ3n) is 12.9. The summed E-state index contributed by atoms with van der Waals surface area (Å²) < 4.78 is 174. The lowest BCUT2D eigenvalue weighted by Crippen LogP contribution is -2.36. The first-order valence-corrected chi connectivity index (χ1v) is 24.5. The van der Waals surface area contributed by atoms with Gasteiger partial charge in [-0.3, -0.25) is 23.9 Å². The number of aromatic nitrogens is 5. The van der Waals surface area contributed by atoms with Gasteiger partial charge in [0, 0.05) is 39.8 Å². The number of benzene rings is 2. The van der Waals surface area contributed by atoms with Crippen LogP contribution in [0.25, 0.3) is 22.0 Å². The molecule has 2 N–H and O–H groups in total. The second-order valence-corrected chi connectivity index (χ2v) is 22.9. The number of anilines is 1. The maximum Gasteiger partial charge on any atom is 0.292 e. The lowest BCUT2D eigenvalue weighted by molar-refractivity contribution is -0.123. The van der Waals surface area contributed by atoms with Gasteiger partial charge < -0.3 is 5.32 Å². The van der Waals surface area contributed by atoms with Crippen LogP contribution in [0.4, 0.5) is 40.9 Å². The first-order valence-electron chi connectivity index (χ1n) is 21.4. The second kappa shape index (κ2) is 17.2. The van der Waals surface area contributed by atoms with Crippen molar-refractivity contribution in [3.8, 4) is 11.1 Å². The second-order valence-electron chi connectivity index (χ2n) is 18.1. The molecule has 22 heteroatoms. The molecule has 2 fully saturated rings. The van der Waals surface area contributed by atoms with Crippen LogP contribution in [-0.4, -0.2) is 69.0 Å².